The van der Waals surface area contributed by atoms with Crippen LogP contribution in [-0.4, -0.2) is 46.0 Å². The first-order chi connectivity index (χ1) is 12.9. The van der Waals surface area contributed by atoms with Crippen molar-refractivity contribution < 1.29 is 15.3 Å². The van der Waals surface area contributed by atoms with Crippen LogP contribution in [0.4, 0.5) is 0 Å². The van der Waals surface area contributed by atoms with Crippen molar-refractivity contribution in [3.63, 3.8) is 0 Å². The fourth-order valence-electron chi connectivity index (χ4n) is 4.24. The highest BCUT2D eigenvalue weighted by Gasteiger charge is 2.31. The Bertz CT molecular complexity index is 571. The van der Waals surface area contributed by atoms with Gasteiger partial charge in [0.1, 0.15) is 5.75 Å². The van der Waals surface area contributed by atoms with Gasteiger partial charge in [-0.1, -0.05) is 58.6 Å². The molecule has 0 spiro atoms. The lowest BCUT2D eigenvalue weighted by atomic mass is 9.79. The highest BCUT2D eigenvalue weighted by molar-refractivity contribution is 5.41. The van der Waals surface area contributed by atoms with E-state index in [-0.39, 0.29) is 24.2 Å². The number of aliphatic hydroxyl groups excluding tert-OH is 2. The van der Waals surface area contributed by atoms with Gasteiger partial charge in [0.2, 0.25) is 0 Å². The summed E-state index contributed by atoms with van der Waals surface area (Å²) in [5, 5.41) is 30.1. The van der Waals surface area contributed by atoms with Crippen molar-refractivity contribution >= 4 is 0 Å². The third kappa shape index (κ3) is 6.20. The van der Waals surface area contributed by atoms with E-state index in [9.17, 15) is 10.2 Å². The summed E-state index contributed by atoms with van der Waals surface area (Å²) in [6.07, 6.45) is 7.92. The number of piperidine rings is 1. The molecule has 1 heterocycles. The molecule has 4 heteroatoms. The minimum absolute atomic E-state index is 0.0158. The largest absolute Gasteiger partial charge is 0.508 e. The number of aromatic hydroxyl groups is 1. The van der Waals surface area contributed by atoms with Gasteiger partial charge in [0.05, 0.1) is 6.10 Å². The Morgan fingerprint density at radius 3 is 2.59 bits per heavy atom. The summed E-state index contributed by atoms with van der Waals surface area (Å²) < 4.78 is 0. The zero-order valence-electron chi connectivity index (χ0n) is 17.5. The normalized spacial score (nSPS) is 21.5. The van der Waals surface area contributed by atoms with Crippen molar-refractivity contribution in [3.05, 3.63) is 29.3 Å². The number of benzene rings is 1. The highest BCUT2D eigenvalue weighted by Crippen LogP contribution is 2.39. The molecule has 2 rings (SSSR count). The lowest BCUT2D eigenvalue weighted by Gasteiger charge is -2.38. The Morgan fingerprint density at radius 1 is 1.15 bits per heavy atom. The second-order valence-electron chi connectivity index (χ2n) is 8.78. The maximum absolute atomic E-state index is 10.8. The van der Waals surface area contributed by atoms with Crippen molar-refractivity contribution in [2.45, 2.75) is 89.7 Å². The molecule has 1 aliphatic heterocycles. The molecule has 1 aliphatic rings. The molecule has 0 saturated carbocycles. The molecule has 0 unspecified atom stereocenters. The number of phenols is 1. The molecule has 3 N–H and O–H groups in total. The quantitative estimate of drug-likeness (QED) is 0.525. The number of hydrogen-bond donors (Lipinski definition) is 3. The topological polar surface area (TPSA) is 63.9 Å². The summed E-state index contributed by atoms with van der Waals surface area (Å²) in [5.74, 6) is 0.335. The predicted octanol–water partition coefficient (Wildman–Crippen LogP) is 4.52. The molecular formula is C23H39NO3. The van der Waals surface area contributed by atoms with Gasteiger partial charge in [-0.25, -0.2) is 0 Å². The van der Waals surface area contributed by atoms with E-state index in [0.717, 1.165) is 37.9 Å². The first kappa shape index (κ1) is 22.2. The number of phenolic OH excluding ortho intramolecular Hbond substituents is 1. The van der Waals surface area contributed by atoms with Gasteiger partial charge in [-0.05, 0) is 42.7 Å². The molecular weight excluding hydrogens is 338 g/mol. The molecule has 4 nitrogen and oxygen atoms in total. The van der Waals surface area contributed by atoms with E-state index in [1.807, 2.05) is 12.1 Å². The van der Waals surface area contributed by atoms with Gasteiger partial charge in [0.25, 0.3) is 0 Å². The van der Waals surface area contributed by atoms with Crippen LogP contribution in [0.1, 0.15) is 89.3 Å². The summed E-state index contributed by atoms with van der Waals surface area (Å²) in [4.78, 5) is 2.29. The average molecular weight is 378 g/mol. The zero-order chi connectivity index (χ0) is 19.9. The van der Waals surface area contributed by atoms with Gasteiger partial charge >= 0.3 is 0 Å². The maximum atomic E-state index is 10.8. The minimum atomic E-state index is -0.325. The number of unbranched alkanes of at least 4 members (excludes halogenated alkanes) is 3. The van der Waals surface area contributed by atoms with Crippen LogP contribution in [0, 0.1) is 0 Å². The van der Waals surface area contributed by atoms with E-state index in [1.165, 1.54) is 31.2 Å². The van der Waals surface area contributed by atoms with Crippen molar-refractivity contribution in [2.24, 2.45) is 0 Å². The van der Waals surface area contributed by atoms with Crippen molar-refractivity contribution in [2.75, 3.05) is 19.7 Å². The second-order valence-corrected chi connectivity index (χ2v) is 8.78. The smallest absolute Gasteiger partial charge is 0.120 e. The van der Waals surface area contributed by atoms with Gasteiger partial charge in [-0.3, -0.25) is 4.90 Å². The van der Waals surface area contributed by atoms with Crippen LogP contribution in [0.25, 0.3) is 0 Å². The van der Waals surface area contributed by atoms with Crippen LogP contribution in [0.3, 0.4) is 0 Å². The molecule has 1 aromatic rings. The van der Waals surface area contributed by atoms with Crippen molar-refractivity contribution in [3.8, 4) is 5.75 Å². The van der Waals surface area contributed by atoms with Crippen LogP contribution in [0.15, 0.2) is 18.2 Å². The van der Waals surface area contributed by atoms with Crippen LogP contribution in [0.5, 0.6) is 5.75 Å². The summed E-state index contributed by atoms with van der Waals surface area (Å²) in [7, 11) is 0. The van der Waals surface area contributed by atoms with E-state index >= 15 is 0 Å². The zero-order valence-corrected chi connectivity index (χ0v) is 17.5. The standard InChI is InChI=1S/C23H39NO3/c1-4-5-6-7-12-23(2,3)18-9-10-20(22(27)16-18)21-17-19(26)11-14-24(21)13-8-15-25/h9-10,16,19,21,25-27H,4-8,11-15,17H2,1-3H3/t19-,21+/m1/s1. The summed E-state index contributed by atoms with van der Waals surface area (Å²) in [5.41, 5.74) is 2.13. The number of rotatable bonds is 10. The summed E-state index contributed by atoms with van der Waals surface area (Å²) in [6, 6.07) is 6.15. The van der Waals surface area contributed by atoms with E-state index in [4.69, 9.17) is 5.11 Å². The Morgan fingerprint density at radius 2 is 1.93 bits per heavy atom. The SMILES string of the molecule is CCCCCCC(C)(C)c1ccc([C@@H]2C[C@H](O)CCN2CCCO)c(O)c1. The highest BCUT2D eigenvalue weighted by atomic mass is 16.3. The van der Waals surface area contributed by atoms with Gasteiger partial charge < -0.3 is 15.3 Å². The first-order valence-corrected chi connectivity index (χ1v) is 10.8. The lowest BCUT2D eigenvalue weighted by Crippen LogP contribution is -2.39. The van der Waals surface area contributed by atoms with Gasteiger partial charge in [0.15, 0.2) is 0 Å². The predicted molar refractivity (Wildman–Crippen MR) is 111 cm³/mol. The van der Waals surface area contributed by atoms with E-state index in [0.29, 0.717) is 12.2 Å². The van der Waals surface area contributed by atoms with Crippen LogP contribution in [0.2, 0.25) is 0 Å². The van der Waals surface area contributed by atoms with E-state index < -0.39 is 0 Å². The van der Waals surface area contributed by atoms with Gasteiger partial charge in [-0.15, -0.1) is 0 Å². The molecule has 154 valence electrons. The number of aliphatic hydroxyl groups is 2. The number of hydrogen-bond acceptors (Lipinski definition) is 4. The molecule has 0 aliphatic carbocycles. The Labute approximate surface area is 165 Å². The molecule has 0 radical (unpaired) electrons. The van der Waals surface area contributed by atoms with E-state index in [2.05, 4.69) is 31.7 Å². The molecule has 27 heavy (non-hydrogen) atoms. The molecule has 1 saturated heterocycles. The first-order valence-electron chi connectivity index (χ1n) is 10.8. The monoisotopic (exact) mass is 377 g/mol. The summed E-state index contributed by atoms with van der Waals surface area (Å²) >= 11 is 0. The van der Waals surface area contributed by atoms with Crippen LogP contribution < -0.4 is 0 Å². The molecule has 0 bridgehead atoms. The average Bonchev–Trinajstić information content (AvgIpc) is 2.64. The summed E-state index contributed by atoms with van der Waals surface area (Å²) in [6.45, 7) is 8.50. The Hall–Kier alpha value is -1.10. The van der Waals surface area contributed by atoms with Gasteiger partial charge in [0, 0.05) is 31.3 Å². The fourth-order valence-corrected chi connectivity index (χ4v) is 4.24. The number of nitrogens with zero attached hydrogens (tertiary/aromatic N) is 1. The second kappa shape index (κ2) is 10.4. The Kier molecular flexibility index (Phi) is 8.59. The molecule has 1 aromatic carbocycles. The molecule has 0 aromatic heterocycles. The van der Waals surface area contributed by atoms with Crippen LogP contribution >= 0.6 is 0 Å². The lowest BCUT2D eigenvalue weighted by molar-refractivity contribution is 0.0370. The van der Waals surface area contributed by atoms with Gasteiger partial charge in [-0.2, -0.15) is 0 Å². The molecule has 1 fully saturated rings. The fraction of sp³-hybridized carbons (Fsp3) is 0.739. The Balaban J connectivity index is 2.13. The van der Waals surface area contributed by atoms with Crippen molar-refractivity contribution in [1.82, 2.24) is 4.90 Å². The minimum Gasteiger partial charge on any atom is -0.508 e. The maximum Gasteiger partial charge on any atom is 0.120 e. The number of likely N-dealkylation sites (tertiary alicyclic amines) is 1. The molecule has 2 atom stereocenters. The molecule has 0 amide bonds. The van der Waals surface area contributed by atoms with Crippen LogP contribution in [-0.2, 0) is 5.41 Å². The third-order valence-corrected chi connectivity index (χ3v) is 6.12. The third-order valence-electron chi connectivity index (χ3n) is 6.12. The van der Waals surface area contributed by atoms with Crippen molar-refractivity contribution in [1.29, 1.82) is 0 Å². The van der Waals surface area contributed by atoms with E-state index in [1.54, 1.807) is 0 Å².